The lowest BCUT2D eigenvalue weighted by molar-refractivity contribution is -0.115. The van der Waals surface area contributed by atoms with Crippen LogP contribution in [-0.4, -0.2) is 58.6 Å². The van der Waals surface area contributed by atoms with Crippen molar-refractivity contribution in [2.24, 2.45) is 5.16 Å². The molecule has 1 unspecified atom stereocenters. The molecule has 0 aliphatic rings. The standard InChI is InChI=1S/C15H13Cl2N6O5S2/c1-28-23-12(9-6-30-15(20-9)22-11(26)3-17)13(27)18-7(4-24)8-5-29-14(19-8)21-10(25)2-16/h5-7H,2-3H2,1H3,(H,18,27)(H,19,21,25)(H,20,22,26). The molecule has 0 bridgehead atoms. The van der Waals surface area contributed by atoms with E-state index in [1.807, 2.05) is 0 Å². The highest BCUT2D eigenvalue weighted by Gasteiger charge is 2.25. The molecule has 0 fully saturated rings. The van der Waals surface area contributed by atoms with Crippen molar-refractivity contribution in [3.8, 4) is 0 Å². The average molecular weight is 492 g/mol. The number of carbonyl (C=O) groups is 3. The zero-order valence-corrected chi connectivity index (χ0v) is 18.2. The van der Waals surface area contributed by atoms with Crippen LogP contribution < -0.4 is 16.0 Å². The van der Waals surface area contributed by atoms with Crippen molar-refractivity contribution in [3.63, 3.8) is 0 Å². The van der Waals surface area contributed by atoms with Crippen LogP contribution in [0.15, 0.2) is 15.9 Å². The van der Waals surface area contributed by atoms with Gasteiger partial charge >= 0.3 is 0 Å². The summed E-state index contributed by atoms with van der Waals surface area (Å²) in [6.45, 7) is 0. The van der Waals surface area contributed by atoms with E-state index >= 15 is 0 Å². The van der Waals surface area contributed by atoms with Gasteiger partial charge in [0, 0.05) is 10.8 Å². The predicted molar refractivity (Wildman–Crippen MR) is 113 cm³/mol. The molecule has 3 N–H and O–H groups in total. The molecule has 2 aromatic rings. The second-order valence-electron chi connectivity index (χ2n) is 5.13. The Morgan fingerprint density at radius 2 is 1.73 bits per heavy atom. The summed E-state index contributed by atoms with van der Waals surface area (Å²) >= 11 is 12.9. The number of carbonyl (C=O) groups excluding carboxylic acids is 4. The van der Waals surface area contributed by atoms with Crippen molar-refractivity contribution in [1.82, 2.24) is 15.3 Å². The van der Waals surface area contributed by atoms with Crippen molar-refractivity contribution in [3.05, 3.63) is 22.1 Å². The van der Waals surface area contributed by atoms with Crippen LogP contribution in [0, 0.1) is 0 Å². The highest BCUT2D eigenvalue weighted by atomic mass is 35.5. The SMILES string of the molecule is CON=C(C(=O)NC([C]=O)c1csc(NC(=O)CCl)n1)c1csc(NC(=O)CCl)n1. The van der Waals surface area contributed by atoms with E-state index in [0.29, 0.717) is 0 Å². The normalized spacial score (nSPS) is 12.0. The molecule has 0 saturated carbocycles. The summed E-state index contributed by atoms with van der Waals surface area (Å²) in [5.74, 6) is -2.25. The number of hydrogen-bond donors (Lipinski definition) is 3. The molecule has 2 heterocycles. The molecule has 0 aromatic carbocycles. The fourth-order valence-electron chi connectivity index (χ4n) is 1.88. The Morgan fingerprint density at radius 1 is 1.13 bits per heavy atom. The second-order valence-corrected chi connectivity index (χ2v) is 7.38. The molecule has 0 aliphatic heterocycles. The topological polar surface area (TPSA) is 152 Å². The number of hydrogen-bond acceptors (Lipinski definition) is 10. The van der Waals surface area contributed by atoms with E-state index in [0.717, 1.165) is 22.7 Å². The first-order chi connectivity index (χ1) is 14.4. The molecule has 30 heavy (non-hydrogen) atoms. The third-order valence-electron chi connectivity index (χ3n) is 3.09. The van der Waals surface area contributed by atoms with Crippen LogP contribution in [0.3, 0.4) is 0 Å². The van der Waals surface area contributed by atoms with Crippen molar-refractivity contribution in [2.75, 3.05) is 29.5 Å². The van der Waals surface area contributed by atoms with Crippen LogP contribution in [0.1, 0.15) is 17.4 Å². The highest BCUT2D eigenvalue weighted by molar-refractivity contribution is 7.14. The number of thiazole rings is 2. The van der Waals surface area contributed by atoms with Gasteiger partial charge in [-0.1, -0.05) is 5.16 Å². The van der Waals surface area contributed by atoms with Crippen molar-refractivity contribution >= 4 is 85.9 Å². The summed E-state index contributed by atoms with van der Waals surface area (Å²) < 4.78 is 0. The number of nitrogens with zero attached hydrogens (tertiary/aromatic N) is 3. The van der Waals surface area contributed by atoms with Gasteiger partial charge in [0.15, 0.2) is 16.0 Å². The Hall–Kier alpha value is -2.61. The molecule has 1 atom stereocenters. The summed E-state index contributed by atoms with van der Waals surface area (Å²) in [6, 6.07) is -1.24. The number of anilines is 2. The maximum absolute atomic E-state index is 12.6. The molecule has 15 heteroatoms. The van der Waals surface area contributed by atoms with Gasteiger partial charge in [-0.25, -0.2) is 9.97 Å². The summed E-state index contributed by atoms with van der Waals surface area (Å²) in [4.78, 5) is 59.5. The number of rotatable bonds is 10. The van der Waals surface area contributed by atoms with E-state index in [1.165, 1.54) is 17.9 Å². The Labute approximate surface area is 187 Å². The summed E-state index contributed by atoms with van der Waals surface area (Å²) in [6.07, 6.45) is 1.66. The maximum atomic E-state index is 12.6. The lowest BCUT2D eigenvalue weighted by Gasteiger charge is -2.10. The molecule has 2 aromatic heterocycles. The lowest BCUT2D eigenvalue weighted by atomic mass is 10.2. The Bertz CT molecular complexity index is 963. The highest BCUT2D eigenvalue weighted by Crippen LogP contribution is 2.21. The number of amides is 3. The monoisotopic (exact) mass is 491 g/mol. The van der Waals surface area contributed by atoms with Crippen LogP contribution in [0.25, 0.3) is 0 Å². The third kappa shape index (κ3) is 6.45. The summed E-state index contributed by atoms with van der Waals surface area (Å²) in [7, 11) is 1.23. The van der Waals surface area contributed by atoms with Crippen molar-refractivity contribution < 1.29 is 24.0 Å². The zero-order valence-electron chi connectivity index (χ0n) is 15.1. The second kappa shape index (κ2) is 11.5. The van der Waals surface area contributed by atoms with E-state index in [2.05, 4.69) is 35.9 Å². The molecule has 0 saturated heterocycles. The lowest BCUT2D eigenvalue weighted by Crippen LogP contribution is -2.36. The van der Waals surface area contributed by atoms with Gasteiger partial charge in [-0.2, -0.15) is 0 Å². The molecule has 11 nitrogen and oxygen atoms in total. The first-order valence-electron chi connectivity index (χ1n) is 7.84. The minimum atomic E-state index is -1.24. The molecule has 159 valence electrons. The summed E-state index contributed by atoms with van der Waals surface area (Å²) in [5.41, 5.74) is 0.00631. The van der Waals surface area contributed by atoms with E-state index in [-0.39, 0.29) is 39.1 Å². The van der Waals surface area contributed by atoms with Crippen molar-refractivity contribution in [2.45, 2.75) is 6.04 Å². The fourth-order valence-corrected chi connectivity index (χ4v) is 3.48. The largest absolute Gasteiger partial charge is 0.398 e. The van der Waals surface area contributed by atoms with E-state index in [1.54, 1.807) is 6.29 Å². The number of aromatic nitrogens is 2. The summed E-state index contributed by atoms with van der Waals surface area (Å²) in [5, 5.41) is 14.2. The van der Waals surface area contributed by atoms with E-state index < -0.39 is 23.8 Å². The fraction of sp³-hybridized carbons (Fsp3) is 0.267. The molecular weight excluding hydrogens is 479 g/mol. The predicted octanol–water partition coefficient (Wildman–Crippen LogP) is 1.27. The number of halogens is 2. The molecule has 2 rings (SSSR count). The van der Waals surface area contributed by atoms with Gasteiger partial charge in [0.05, 0.1) is 5.69 Å². The van der Waals surface area contributed by atoms with Gasteiger partial charge in [0.2, 0.25) is 18.1 Å². The average Bonchev–Trinajstić information content (AvgIpc) is 3.39. The maximum Gasteiger partial charge on any atom is 0.276 e. The number of nitrogens with one attached hydrogen (secondary N) is 3. The molecule has 3 amide bonds. The van der Waals surface area contributed by atoms with Crippen LogP contribution in [-0.2, 0) is 24.0 Å². The Morgan fingerprint density at radius 3 is 2.30 bits per heavy atom. The zero-order chi connectivity index (χ0) is 22.1. The molecular formula is C15H13Cl2N6O5S2. The van der Waals surface area contributed by atoms with Gasteiger partial charge in [-0.3, -0.25) is 19.2 Å². The van der Waals surface area contributed by atoms with Gasteiger partial charge in [-0.05, 0) is 0 Å². The van der Waals surface area contributed by atoms with Crippen molar-refractivity contribution in [1.29, 1.82) is 0 Å². The first-order valence-corrected chi connectivity index (χ1v) is 10.7. The van der Waals surface area contributed by atoms with Gasteiger partial charge in [0.1, 0.15) is 30.6 Å². The Balaban J connectivity index is 2.15. The van der Waals surface area contributed by atoms with Gasteiger partial charge in [0.25, 0.3) is 5.91 Å². The number of alkyl halides is 2. The van der Waals surface area contributed by atoms with Crippen LogP contribution in [0.2, 0.25) is 0 Å². The minimum Gasteiger partial charge on any atom is -0.398 e. The molecule has 0 aliphatic carbocycles. The molecule has 0 spiro atoms. The van der Waals surface area contributed by atoms with Gasteiger partial charge < -0.3 is 20.8 Å². The minimum absolute atomic E-state index is 0.0993. The van der Waals surface area contributed by atoms with Crippen LogP contribution in [0.5, 0.6) is 0 Å². The first kappa shape index (κ1) is 23.7. The van der Waals surface area contributed by atoms with Gasteiger partial charge in [-0.15, -0.1) is 45.9 Å². The van der Waals surface area contributed by atoms with E-state index in [4.69, 9.17) is 23.2 Å². The van der Waals surface area contributed by atoms with Crippen LogP contribution in [0.4, 0.5) is 10.3 Å². The smallest absolute Gasteiger partial charge is 0.276 e. The third-order valence-corrected chi connectivity index (χ3v) is 5.11. The molecule has 1 radical (unpaired) electrons. The van der Waals surface area contributed by atoms with Crippen LogP contribution >= 0.6 is 45.9 Å². The van der Waals surface area contributed by atoms with E-state index in [9.17, 15) is 19.2 Å². The quantitative estimate of drug-likeness (QED) is 0.257. The Kier molecular flexibility index (Phi) is 9.11. The number of oxime groups is 1.